The molecule has 1 heterocycles. The molecule has 1 nitrogen and oxygen atoms in total. The molecule has 0 aliphatic heterocycles. The fraction of sp³-hybridized carbons (Fsp3) is 0.600. The molecule has 0 bridgehead atoms. The van der Waals surface area contributed by atoms with E-state index < -0.39 is 0 Å². The number of hydrogen-bond donors (Lipinski definition) is 0. The van der Waals surface area contributed by atoms with Gasteiger partial charge in [0, 0.05) is 40.0 Å². The van der Waals surface area contributed by atoms with Gasteiger partial charge in [0.2, 0.25) is 0 Å². The maximum Gasteiger partial charge on any atom is 0.0328 e. The quantitative estimate of drug-likeness (QED) is 0.621. The molecule has 1 aromatic heterocycles. The Labute approximate surface area is 123 Å². The molecule has 0 fully saturated rings. The number of nitrogens with zero attached hydrogens (tertiary/aromatic N) is 1. The van der Waals surface area contributed by atoms with Crippen LogP contribution in [0.2, 0.25) is 0 Å². The molecule has 0 atom stereocenters. The zero-order chi connectivity index (χ0) is 10.4. The average molecular weight is 422 g/mol. The number of halogens is 3. The number of rotatable bonds is 6. The third-order valence-electron chi connectivity index (χ3n) is 1.98. The van der Waals surface area contributed by atoms with Gasteiger partial charge in [-0.25, -0.2) is 0 Å². The topological polar surface area (TPSA) is 3.24 Å². The van der Waals surface area contributed by atoms with E-state index >= 15 is 0 Å². The van der Waals surface area contributed by atoms with Gasteiger partial charge in [-0.1, -0.05) is 31.9 Å². The van der Waals surface area contributed by atoms with Crippen molar-refractivity contribution in [3.63, 3.8) is 0 Å². The first-order chi connectivity index (χ1) is 6.76. The van der Waals surface area contributed by atoms with E-state index in [0.29, 0.717) is 0 Å². The molecule has 0 radical (unpaired) electrons. The number of thiophene rings is 1. The van der Waals surface area contributed by atoms with Crippen LogP contribution in [0.15, 0.2) is 12.1 Å². The van der Waals surface area contributed by atoms with Crippen LogP contribution in [-0.2, 0) is 6.54 Å². The van der Waals surface area contributed by atoms with Crippen LogP contribution in [0.25, 0.3) is 0 Å². The fourth-order valence-electron chi connectivity index (χ4n) is 1.30. The smallest absolute Gasteiger partial charge is 0.0328 e. The number of hydrogen-bond acceptors (Lipinski definition) is 2. The summed E-state index contributed by atoms with van der Waals surface area (Å²) in [5.41, 5.74) is 0. The van der Waals surface area contributed by atoms with Crippen molar-refractivity contribution < 1.29 is 0 Å². The van der Waals surface area contributed by atoms with Gasteiger partial charge in [0.1, 0.15) is 0 Å². The lowest BCUT2D eigenvalue weighted by atomic mass is 10.4. The minimum atomic E-state index is 0. The molecule has 0 amide bonds. The van der Waals surface area contributed by atoms with Crippen LogP contribution >= 0.6 is 60.2 Å². The second-order valence-electron chi connectivity index (χ2n) is 3.17. The molecule has 0 aliphatic carbocycles. The summed E-state index contributed by atoms with van der Waals surface area (Å²) in [5.74, 6) is 0. The van der Waals surface area contributed by atoms with Gasteiger partial charge in [0.15, 0.2) is 0 Å². The van der Waals surface area contributed by atoms with Crippen molar-refractivity contribution in [2.45, 2.75) is 13.5 Å². The molecule has 5 heteroatoms. The second kappa shape index (κ2) is 9.16. The van der Waals surface area contributed by atoms with E-state index in [0.717, 1.165) is 30.3 Å². The summed E-state index contributed by atoms with van der Waals surface area (Å²) in [5, 5.41) is 2.09. The minimum absolute atomic E-state index is 0. The van der Waals surface area contributed by atoms with Crippen LogP contribution in [0, 0.1) is 6.92 Å². The Morgan fingerprint density at radius 3 is 2.20 bits per heavy atom. The minimum Gasteiger partial charge on any atom is -0.297 e. The summed E-state index contributed by atoms with van der Waals surface area (Å²) in [7, 11) is 0. The van der Waals surface area contributed by atoms with Crippen LogP contribution in [0.3, 0.4) is 0 Å². The zero-order valence-electron chi connectivity index (χ0n) is 8.71. The van der Waals surface area contributed by atoms with Crippen molar-refractivity contribution in [1.82, 2.24) is 4.90 Å². The highest BCUT2D eigenvalue weighted by Gasteiger charge is 2.05. The van der Waals surface area contributed by atoms with Gasteiger partial charge in [0.25, 0.3) is 0 Å². The van der Waals surface area contributed by atoms with E-state index in [2.05, 4.69) is 55.8 Å². The summed E-state index contributed by atoms with van der Waals surface area (Å²) in [6, 6.07) is 4.43. The first-order valence-electron chi connectivity index (χ1n) is 4.66. The molecule has 0 saturated heterocycles. The zero-order valence-corrected chi connectivity index (χ0v) is 14.4. The molecule has 0 N–H and O–H groups in total. The molecule has 1 aromatic rings. The van der Waals surface area contributed by atoms with Gasteiger partial charge in [0.05, 0.1) is 0 Å². The van der Waals surface area contributed by atoms with Gasteiger partial charge < -0.3 is 0 Å². The molecular formula is C10H16Br3NS. The summed E-state index contributed by atoms with van der Waals surface area (Å²) in [4.78, 5) is 5.32. The van der Waals surface area contributed by atoms with Crippen molar-refractivity contribution >= 4 is 60.2 Å². The first-order valence-corrected chi connectivity index (χ1v) is 7.72. The fourth-order valence-corrected chi connectivity index (χ4v) is 3.24. The highest BCUT2D eigenvalue weighted by atomic mass is 79.9. The summed E-state index contributed by atoms with van der Waals surface area (Å²) < 4.78 is 0. The van der Waals surface area contributed by atoms with Gasteiger partial charge in [-0.05, 0) is 19.1 Å². The molecule has 1 rings (SSSR count). The highest BCUT2D eigenvalue weighted by Crippen LogP contribution is 2.17. The van der Waals surface area contributed by atoms with E-state index in [-0.39, 0.29) is 17.0 Å². The monoisotopic (exact) mass is 419 g/mol. The van der Waals surface area contributed by atoms with Crippen molar-refractivity contribution in [2.24, 2.45) is 0 Å². The van der Waals surface area contributed by atoms with Gasteiger partial charge >= 0.3 is 0 Å². The third-order valence-corrected chi connectivity index (χ3v) is 3.67. The Morgan fingerprint density at radius 2 is 1.80 bits per heavy atom. The van der Waals surface area contributed by atoms with Crippen LogP contribution in [-0.4, -0.2) is 28.6 Å². The third kappa shape index (κ3) is 6.41. The number of aryl methyl sites for hydroxylation is 1. The standard InChI is InChI=1S/C10H15Br2NS.BrH/c1-9-2-3-10(14-9)8-13(6-4-11)7-5-12;/h2-3H,4-8H2,1H3;1H. The Hall–Kier alpha value is 1.10. The molecule has 0 aromatic carbocycles. The van der Waals surface area contributed by atoms with Crippen LogP contribution < -0.4 is 0 Å². The molecule has 88 valence electrons. The molecule has 0 saturated carbocycles. The van der Waals surface area contributed by atoms with E-state index in [1.807, 2.05) is 11.3 Å². The van der Waals surface area contributed by atoms with E-state index in [9.17, 15) is 0 Å². The largest absolute Gasteiger partial charge is 0.297 e. The molecule has 0 unspecified atom stereocenters. The van der Waals surface area contributed by atoms with E-state index in [1.165, 1.54) is 9.75 Å². The summed E-state index contributed by atoms with van der Waals surface area (Å²) in [6.45, 7) is 5.47. The molecular weight excluding hydrogens is 406 g/mol. The maximum atomic E-state index is 3.48. The van der Waals surface area contributed by atoms with Crippen LogP contribution in [0.1, 0.15) is 9.75 Å². The predicted molar refractivity (Wildman–Crippen MR) is 82.2 cm³/mol. The summed E-state index contributed by atoms with van der Waals surface area (Å²) in [6.07, 6.45) is 0. The van der Waals surface area contributed by atoms with Crippen molar-refractivity contribution in [3.8, 4) is 0 Å². The molecule has 0 spiro atoms. The Balaban J connectivity index is 0.00000196. The number of alkyl halides is 2. The lowest BCUT2D eigenvalue weighted by Crippen LogP contribution is -2.26. The van der Waals surface area contributed by atoms with Gasteiger partial charge in [-0.3, -0.25) is 4.90 Å². The maximum absolute atomic E-state index is 3.48. The van der Waals surface area contributed by atoms with Crippen molar-refractivity contribution in [3.05, 3.63) is 21.9 Å². The SMILES string of the molecule is Br.Cc1ccc(CN(CCBr)CCBr)s1. The van der Waals surface area contributed by atoms with Crippen LogP contribution in [0.4, 0.5) is 0 Å². The van der Waals surface area contributed by atoms with Crippen LogP contribution in [0.5, 0.6) is 0 Å². The first kappa shape index (κ1) is 16.1. The second-order valence-corrected chi connectivity index (χ2v) is 6.12. The van der Waals surface area contributed by atoms with Crippen molar-refractivity contribution in [1.29, 1.82) is 0 Å². The van der Waals surface area contributed by atoms with E-state index in [1.54, 1.807) is 0 Å². The normalized spacial score (nSPS) is 10.4. The lowest BCUT2D eigenvalue weighted by Gasteiger charge is -2.18. The van der Waals surface area contributed by atoms with Gasteiger partial charge in [-0.2, -0.15) is 0 Å². The van der Waals surface area contributed by atoms with Crippen molar-refractivity contribution in [2.75, 3.05) is 23.7 Å². The summed E-state index contributed by atoms with van der Waals surface area (Å²) >= 11 is 8.87. The Kier molecular flexibility index (Phi) is 9.84. The van der Waals surface area contributed by atoms with Gasteiger partial charge in [-0.15, -0.1) is 28.3 Å². The lowest BCUT2D eigenvalue weighted by molar-refractivity contribution is 0.305. The molecule has 0 aliphatic rings. The highest BCUT2D eigenvalue weighted by molar-refractivity contribution is 9.09. The van der Waals surface area contributed by atoms with E-state index in [4.69, 9.17) is 0 Å². The molecule has 15 heavy (non-hydrogen) atoms. The predicted octanol–water partition coefficient (Wildman–Crippen LogP) is 4.23. The Morgan fingerprint density at radius 1 is 1.20 bits per heavy atom. The Bertz CT molecular complexity index is 259. The average Bonchev–Trinajstić information content (AvgIpc) is 2.52.